The summed E-state index contributed by atoms with van der Waals surface area (Å²) in [6.07, 6.45) is 4.61. The van der Waals surface area contributed by atoms with Crippen LogP contribution < -0.4 is 11.1 Å². The SMILES string of the molecule is CN/C(=C1/N=CN(CC2(O)CCN(C)CC2)C(=O)C1=N)c1ccc(C2(N)CC2)cc1. The first-order chi connectivity index (χ1) is 14.2. The van der Waals surface area contributed by atoms with Gasteiger partial charge in [0.1, 0.15) is 11.4 Å². The molecule has 1 aromatic rings. The van der Waals surface area contributed by atoms with Gasteiger partial charge in [0.15, 0.2) is 0 Å². The average molecular weight is 411 g/mol. The van der Waals surface area contributed by atoms with Crippen LogP contribution in [0.3, 0.4) is 0 Å². The highest BCUT2D eigenvalue weighted by atomic mass is 16.3. The van der Waals surface area contributed by atoms with Crippen LogP contribution in [-0.4, -0.2) is 72.2 Å². The fourth-order valence-corrected chi connectivity index (χ4v) is 4.09. The number of aliphatic hydroxyl groups is 1. The van der Waals surface area contributed by atoms with Crippen LogP contribution in [0.1, 0.15) is 36.8 Å². The van der Waals surface area contributed by atoms with Crippen LogP contribution in [0.5, 0.6) is 0 Å². The number of nitrogens with zero attached hydrogens (tertiary/aromatic N) is 3. The van der Waals surface area contributed by atoms with E-state index in [2.05, 4.69) is 15.2 Å². The normalized spacial score (nSPS) is 24.7. The van der Waals surface area contributed by atoms with Gasteiger partial charge in [-0.05, 0) is 43.9 Å². The smallest absolute Gasteiger partial charge is 0.279 e. The molecular formula is C22H30N6O2. The van der Waals surface area contributed by atoms with E-state index in [4.69, 9.17) is 11.1 Å². The highest BCUT2D eigenvalue weighted by molar-refractivity contribution is 6.47. The number of nitrogens with one attached hydrogen (secondary N) is 2. The summed E-state index contributed by atoms with van der Waals surface area (Å²) >= 11 is 0. The van der Waals surface area contributed by atoms with E-state index in [0.29, 0.717) is 24.2 Å². The van der Waals surface area contributed by atoms with E-state index in [9.17, 15) is 9.90 Å². The molecule has 1 aromatic carbocycles. The number of hydrogen-bond donors (Lipinski definition) is 4. The van der Waals surface area contributed by atoms with Crippen LogP contribution in [0.4, 0.5) is 0 Å². The third kappa shape index (κ3) is 3.90. The molecule has 0 bridgehead atoms. The minimum absolute atomic E-state index is 0.154. The zero-order valence-electron chi connectivity index (χ0n) is 17.6. The summed E-state index contributed by atoms with van der Waals surface area (Å²) in [6, 6.07) is 7.89. The maximum atomic E-state index is 12.9. The lowest BCUT2D eigenvalue weighted by Crippen LogP contribution is -2.53. The molecule has 0 aromatic heterocycles. The summed E-state index contributed by atoms with van der Waals surface area (Å²) in [5.41, 5.74) is 7.80. The van der Waals surface area contributed by atoms with Crippen molar-refractivity contribution in [2.75, 3.05) is 33.7 Å². The number of piperidine rings is 1. The minimum Gasteiger partial charge on any atom is -0.388 e. The second-order valence-electron chi connectivity index (χ2n) is 8.79. The molecule has 2 heterocycles. The molecule has 1 amide bonds. The first-order valence-corrected chi connectivity index (χ1v) is 10.4. The quantitative estimate of drug-likeness (QED) is 0.574. The monoisotopic (exact) mass is 410 g/mol. The average Bonchev–Trinajstić information content (AvgIpc) is 3.49. The van der Waals surface area contributed by atoms with Crippen LogP contribution in [0.15, 0.2) is 35.0 Å². The first kappa shape index (κ1) is 20.7. The number of carbonyl (C=O) groups excluding carboxylic acids is 1. The molecule has 1 saturated heterocycles. The van der Waals surface area contributed by atoms with Crippen molar-refractivity contribution >= 4 is 23.7 Å². The maximum Gasteiger partial charge on any atom is 0.279 e. The van der Waals surface area contributed by atoms with Crippen molar-refractivity contribution in [3.8, 4) is 0 Å². The molecule has 0 unspecified atom stereocenters. The van der Waals surface area contributed by atoms with Crippen molar-refractivity contribution in [3.05, 3.63) is 41.1 Å². The van der Waals surface area contributed by atoms with Gasteiger partial charge in [0.25, 0.3) is 5.91 Å². The molecule has 2 fully saturated rings. The largest absolute Gasteiger partial charge is 0.388 e. The Morgan fingerprint density at radius 2 is 1.87 bits per heavy atom. The van der Waals surface area contributed by atoms with Crippen LogP contribution in [0.2, 0.25) is 0 Å². The minimum atomic E-state index is -0.946. The van der Waals surface area contributed by atoms with Gasteiger partial charge in [-0.3, -0.25) is 15.1 Å². The zero-order chi connectivity index (χ0) is 21.5. The van der Waals surface area contributed by atoms with Gasteiger partial charge < -0.3 is 21.1 Å². The zero-order valence-corrected chi connectivity index (χ0v) is 17.6. The summed E-state index contributed by atoms with van der Waals surface area (Å²) in [5, 5.41) is 22.4. The van der Waals surface area contributed by atoms with E-state index < -0.39 is 11.5 Å². The standard InChI is InChI=1S/C22H30N6O2/c1-25-18(15-3-5-16(6-4-15)22(24)7-8-22)19-17(23)20(29)28(14-26-19)13-21(30)9-11-27(2)12-10-21/h3-6,14,23,25,30H,7-13,24H2,1-2H3/b19-18+,23-17?. The van der Waals surface area contributed by atoms with Crippen molar-refractivity contribution < 1.29 is 9.90 Å². The van der Waals surface area contributed by atoms with Crippen LogP contribution >= 0.6 is 0 Å². The summed E-state index contributed by atoms with van der Waals surface area (Å²) in [7, 11) is 3.77. The van der Waals surface area contributed by atoms with Crippen molar-refractivity contribution in [1.82, 2.24) is 15.1 Å². The Hall–Kier alpha value is -2.55. The number of aliphatic imine (C=N–C) groups is 1. The number of β-amino-alcohol motifs (C(OH)–C–C–N with tert-alkyl or cyclic N) is 1. The van der Waals surface area contributed by atoms with Gasteiger partial charge in [-0.15, -0.1) is 0 Å². The molecule has 8 nitrogen and oxygen atoms in total. The van der Waals surface area contributed by atoms with Gasteiger partial charge in [0.2, 0.25) is 0 Å². The second kappa shape index (κ2) is 7.61. The van der Waals surface area contributed by atoms with E-state index >= 15 is 0 Å². The lowest BCUT2D eigenvalue weighted by molar-refractivity contribution is -0.124. The van der Waals surface area contributed by atoms with Gasteiger partial charge in [-0.1, -0.05) is 24.3 Å². The Morgan fingerprint density at radius 3 is 2.43 bits per heavy atom. The molecule has 30 heavy (non-hydrogen) atoms. The number of carbonyl (C=O) groups is 1. The molecule has 8 heteroatoms. The molecule has 160 valence electrons. The molecular weight excluding hydrogens is 380 g/mol. The molecule has 5 N–H and O–H groups in total. The molecule has 2 aliphatic heterocycles. The fraction of sp³-hybridized carbons (Fsp3) is 0.500. The van der Waals surface area contributed by atoms with E-state index in [1.807, 2.05) is 31.3 Å². The fourth-order valence-electron chi connectivity index (χ4n) is 4.09. The number of rotatable bonds is 5. The molecule has 0 spiro atoms. The lowest BCUT2D eigenvalue weighted by Gasteiger charge is -2.39. The number of hydrogen-bond acceptors (Lipinski definition) is 7. The Kier molecular flexibility index (Phi) is 5.25. The van der Waals surface area contributed by atoms with Gasteiger partial charge in [-0.25, -0.2) is 4.99 Å². The molecule has 0 radical (unpaired) electrons. The van der Waals surface area contributed by atoms with Crippen LogP contribution in [-0.2, 0) is 10.3 Å². The Labute approximate surface area is 177 Å². The third-order valence-electron chi connectivity index (χ3n) is 6.44. The topological polar surface area (TPSA) is 118 Å². The third-order valence-corrected chi connectivity index (χ3v) is 6.44. The highest BCUT2D eigenvalue weighted by Crippen LogP contribution is 2.42. The van der Waals surface area contributed by atoms with Gasteiger partial charge in [0.05, 0.1) is 24.2 Å². The number of benzene rings is 1. The van der Waals surface area contributed by atoms with E-state index in [0.717, 1.165) is 37.1 Å². The molecule has 1 saturated carbocycles. The Balaban J connectivity index is 1.56. The molecule has 4 rings (SSSR count). The molecule has 0 atom stereocenters. The van der Waals surface area contributed by atoms with Crippen LogP contribution in [0, 0.1) is 5.41 Å². The van der Waals surface area contributed by atoms with E-state index in [1.54, 1.807) is 7.05 Å². The lowest BCUT2D eigenvalue weighted by atomic mass is 9.91. The predicted octanol–water partition coefficient (Wildman–Crippen LogP) is 0.869. The van der Waals surface area contributed by atoms with Crippen LogP contribution in [0.25, 0.3) is 5.70 Å². The number of nitrogens with two attached hydrogens (primary N) is 1. The Bertz CT molecular complexity index is 908. The summed E-state index contributed by atoms with van der Waals surface area (Å²) in [4.78, 5) is 20.8. The number of amides is 1. The van der Waals surface area contributed by atoms with Gasteiger partial charge in [0, 0.05) is 25.7 Å². The van der Waals surface area contributed by atoms with E-state index in [1.165, 1.54) is 11.2 Å². The van der Waals surface area contributed by atoms with Crippen molar-refractivity contribution in [2.45, 2.75) is 36.8 Å². The number of likely N-dealkylation sites (tertiary alicyclic amines) is 1. The highest BCUT2D eigenvalue weighted by Gasteiger charge is 2.40. The van der Waals surface area contributed by atoms with Crippen molar-refractivity contribution in [3.63, 3.8) is 0 Å². The Morgan fingerprint density at radius 1 is 1.23 bits per heavy atom. The van der Waals surface area contributed by atoms with Gasteiger partial charge in [-0.2, -0.15) is 0 Å². The van der Waals surface area contributed by atoms with Crippen molar-refractivity contribution in [2.24, 2.45) is 10.7 Å². The predicted molar refractivity (Wildman–Crippen MR) is 117 cm³/mol. The summed E-state index contributed by atoms with van der Waals surface area (Å²) in [5.74, 6) is -0.449. The summed E-state index contributed by atoms with van der Waals surface area (Å²) in [6.45, 7) is 1.71. The van der Waals surface area contributed by atoms with Crippen molar-refractivity contribution in [1.29, 1.82) is 5.41 Å². The summed E-state index contributed by atoms with van der Waals surface area (Å²) < 4.78 is 0. The first-order valence-electron chi connectivity index (χ1n) is 10.4. The van der Waals surface area contributed by atoms with E-state index in [-0.39, 0.29) is 17.8 Å². The second-order valence-corrected chi connectivity index (χ2v) is 8.79. The molecule has 1 aliphatic carbocycles. The maximum absolute atomic E-state index is 12.9. The molecule has 3 aliphatic rings. The van der Waals surface area contributed by atoms with Gasteiger partial charge >= 0.3 is 0 Å².